The van der Waals surface area contributed by atoms with Gasteiger partial charge in [-0.2, -0.15) is 0 Å². The van der Waals surface area contributed by atoms with Crippen molar-refractivity contribution in [2.45, 2.75) is 187 Å². The summed E-state index contributed by atoms with van der Waals surface area (Å²) in [5.41, 5.74) is 0. The monoisotopic (exact) mass is 940 g/mol. The fraction of sp³-hybridized carbons (Fsp3) is 0.643. The smallest absolute Gasteiger partial charge is 0.306 e. The first kappa shape index (κ1) is 62.7. The number of hydrogen-bond donors (Lipinski definition) is 0. The van der Waals surface area contributed by atoms with E-state index in [9.17, 15) is 19.0 Å². The molecule has 0 aromatic carbocycles. The second-order valence-corrected chi connectivity index (χ2v) is 19.2. The van der Waals surface area contributed by atoms with E-state index in [4.69, 9.17) is 18.5 Å². The maximum Gasteiger partial charge on any atom is 0.306 e. The van der Waals surface area contributed by atoms with Crippen LogP contribution in [0.4, 0.5) is 0 Å². The van der Waals surface area contributed by atoms with E-state index in [1.54, 1.807) is 0 Å². The molecule has 2 unspecified atom stereocenters. The van der Waals surface area contributed by atoms with Crippen molar-refractivity contribution in [2.24, 2.45) is 0 Å². The number of allylic oxidation sites excluding steroid dienone is 18. The van der Waals surface area contributed by atoms with Crippen LogP contribution in [0.3, 0.4) is 0 Å². The minimum atomic E-state index is -4.65. The van der Waals surface area contributed by atoms with E-state index < -0.39 is 32.5 Å². The number of carbonyl (C=O) groups is 2. The second kappa shape index (κ2) is 46.8. The normalized spacial score (nSPS) is 14.3. The number of nitrogens with zero attached hydrogens (tertiary/aromatic N) is 1. The molecule has 9 nitrogen and oxygen atoms in total. The number of hydrogen-bond acceptors (Lipinski definition) is 8. The molecule has 0 radical (unpaired) electrons. The Balaban J connectivity index is 4.32. The molecule has 0 saturated heterocycles. The van der Waals surface area contributed by atoms with E-state index in [1.165, 1.54) is 32.1 Å². The lowest BCUT2D eigenvalue weighted by atomic mass is 10.1. The molecule has 0 aromatic heterocycles. The molecule has 0 amide bonds. The molecule has 0 aliphatic rings. The molecular formula is C56H94NO8P. The number of esters is 2. The molecule has 10 heteroatoms. The summed E-state index contributed by atoms with van der Waals surface area (Å²) < 4.78 is 34.0. The van der Waals surface area contributed by atoms with Crippen molar-refractivity contribution in [3.05, 3.63) is 109 Å². The maximum atomic E-state index is 12.7. The minimum absolute atomic E-state index is 0.0435. The SMILES string of the molecule is CC/C=C\C/C=C\C/C=C\C/C=C\C/C=C\C/C=C\C/C=C\C/C=C\CCCCCCC(=O)OC(COC(=O)CCCCCCC/C=C\CCCCCC)COP(=O)([O-])OCC[N+](C)(C)C. The van der Waals surface area contributed by atoms with Crippen molar-refractivity contribution in [1.29, 1.82) is 0 Å². The highest BCUT2D eigenvalue weighted by Gasteiger charge is 2.21. The largest absolute Gasteiger partial charge is 0.756 e. The first-order valence-corrected chi connectivity index (χ1v) is 27.1. The quantitative estimate of drug-likeness (QED) is 0.0195. The molecular weight excluding hydrogens is 846 g/mol. The van der Waals surface area contributed by atoms with Crippen LogP contribution in [-0.4, -0.2) is 70.0 Å². The summed E-state index contributed by atoms with van der Waals surface area (Å²) in [5.74, 6) is -0.883. The fourth-order valence-electron chi connectivity index (χ4n) is 6.31. The van der Waals surface area contributed by atoms with Crippen LogP contribution < -0.4 is 4.89 Å². The van der Waals surface area contributed by atoms with E-state index in [0.717, 1.165) is 109 Å². The Kier molecular flexibility index (Phi) is 44.4. The lowest BCUT2D eigenvalue weighted by molar-refractivity contribution is -0.870. The summed E-state index contributed by atoms with van der Waals surface area (Å²) in [6.07, 6.45) is 64.1. The third-order valence-corrected chi connectivity index (χ3v) is 11.2. The highest BCUT2D eigenvalue weighted by atomic mass is 31.2. The van der Waals surface area contributed by atoms with Crippen LogP contribution in [0.25, 0.3) is 0 Å². The van der Waals surface area contributed by atoms with E-state index in [-0.39, 0.29) is 26.1 Å². The third-order valence-electron chi connectivity index (χ3n) is 10.3. The van der Waals surface area contributed by atoms with Crippen molar-refractivity contribution in [1.82, 2.24) is 0 Å². The van der Waals surface area contributed by atoms with Crippen LogP contribution in [0.15, 0.2) is 109 Å². The number of likely N-dealkylation sites (N-methyl/N-ethyl adjacent to an activating group) is 1. The van der Waals surface area contributed by atoms with Gasteiger partial charge < -0.3 is 27.9 Å². The summed E-state index contributed by atoms with van der Waals surface area (Å²) in [5, 5.41) is 0. The zero-order valence-corrected chi connectivity index (χ0v) is 43.2. The Hall–Kier alpha value is -3.33. The summed E-state index contributed by atoms with van der Waals surface area (Å²) in [6, 6.07) is 0. The molecule has 0 spiro atoms. The topological polar surface area (TPSA) is 111 Å². The minimum Gasteiger partial charge on any atom is -0.756 e. The first-order valence-electron chi connectivity index (χ1n) is 25.6. The highest BCUT2D eigenvalue weighted by Crippen LogP contribution is 2.38. The van der Waals surface area contributed by atoms with Crippen molar-refractivity contribution < 1.29 is 42.1 Å². The molecule has 0 N–H and O–H groups in total. The highest BCUT2D eigenvalue weighted by molar-refractivity contribution is 7.45. The molecule has 0 aromatic rings. The number of phosphoric acid groups is 1. The van der Waals surface area contributed by atoms with E-state index in [0.29, 0.717) is 23.9 Å². The second-order valence-electron chi connectivity index (χ2n) is 17.8. The van der Waals surface area contributed by atoms with Crippen molar-refractivity contribution >= 4 is 19.8 Å². The van der Waals surface area contributed by atoms with Crippen LogP contribution in [0.5, 0.6) is 0 Å². The van der Waals surface area contributed by atoms with Gasteiger partial charge in [0.05, 0.1) is 27.7 Å². The van der Waals surface area contributed by atoms with Crippen LogP contribution in [-0.2, 0) is 32.7 Å². The Morgan fingerprint density at radius 2 is 0.864 bits per heavy atom. The fourth-order valence-corrected chi connectivity index (χ4v) is 7.04. The van der Waals surface area contributed by atoms with E-state index >= 15 is 0 Å². The predicted molar refractivity (Wildman–Crippen MR) is 277 cm³/mol. The first-order chi connectivity index (χ1) is 32.0. The van der Waals surface area contributed by atoms with Gasteiger partial charge in [-0.15, -0.1) is 0 Å². The Morgan fingerprint density at radius 1 is 0.485 bits per heavy atom. The van der Waals surface area contributed by atoms with E-state index in [1.807, 2.05) is 21.1 Å². The molecule has 0 bridgehead atoms. The molecule has 376 valence electrons. The Bertz CT molecular complexity index is 1480. The number of quaternary nitrogens is 1. The average molecular weight is 940 g/mol. The van der Waals surface area contributed by atoms with Crippen molar-refractivity contribution in [3.8, 4) is 0 Å². The zero-order chi connectivity index (χ0) is 48.5. The number of unbranched alkanes of at least 4 members (excludes halogenated alkanes) is 13. The van der Waals surface area contributed by atoms with Gasteiger partial charge in [0.1, 0.15) is 19.8 Å². The number of ether oxygens (including phenoxy) is 2. The third kappa shape index (κ3) is 50.1. The van der Waals surface area contributed by atoms with Gasteiger partial charge in [0, 0.05) is 12.8 Å². The van der Waals surface area contributed by atoms with Gasteiger partial charge in [-0.05, 0) is 103 Å². The molecule has 0 fully saturated rings. The summed E-state index contributed by atoms with van der Waals surface area (Å²) in [4.78, 5) is 37.7. The van der Waals surface area contributed by atoms with Crippen molar-refractivity contribution in [3.63, 3.8) is 0 Å². The molecule has 66 heavy (non-hydrogen) atoms. The molecule has 2 atom stereocenters. The van der Waals surface area contributed by atoms with Gasteiger partial charge in [-0.25, -0.2) is 0 Å². The molecule has 0 aliphatic carbocycles. The van der Waals surface area contributed by atoms with Crippen LogP contribution >= 0.6 is 7.82 Å². The standard InChI is InChI=1S/C56H94NO8P/c1-6-8-10-12-14-16-18-20-21-22-23-24-25-26-27-28-29-30-31-32-33-34-35-37-39-41-43-45-47-49-56(59)65-54(53-64-66(60,61)63-51-50-57(3,4)5)52-62-55(58)48-46-44-42-40-38-36-19-17-15-13-11-9-7-2/h8,10,14,16-17,19-21,23-24,26-27,29-30,32-33,35,37,54H,6-7,9,11-13,15,18,22,25,28,31,34,36,38-53H2,1-5H3/b10-8-,16-14-,19-17-,21-20-,24-23-,27-26-,30-29-,33-32-,37-35-. The molecule has 0 rings (SSSR count). The molecule has 0 heterocycles. The van der Waals surface area contributed by atoms with E-state index in [2.05, 4.69) is 123 Å². The van der Waals surface area contributed by atoms with Gasteiger partial charge in [0.15, 0.2) is 6.10 Å². The number of rotatable bonds is 45. The van der Waals surface area contributed by atoms with Gasteiger partial charge in [-0.1, -0.05) is 175 Å². The predicted octanol–water partition coefficient (Wildman–Crippen LogP) is 14.8. The van der Waals surface area contributed by atoms with Gasteiger partial charge in [-0.3, -0.25) is 14.2 Å². The average Bonchev–Trinajstić information content (AvgIpc) is 3.27. The Morgan fingerprint density at radius 3 is 1.30 bits per heavy atom. The van der Waals surface area contributed by atoms with Crippen molar-refractivity contribution in [2.75, 3.05) is 47.5 Å². The van der Waals surface area contributed by atoms with Crippen LogP contribution in [0.1, 0.15) is 181 Å². The van der Waals surface area contributed by atoms with Crippen LogP contribution in [0, 0.1) is 0 Å². The van der Waals surface area contributed by atoms with Gasteiger partial charge in [0.25, 0.3) is 7.82 Å². The van der Waals surface area contributed by atoms with Crippen LogP contribution in [0.2, 0.25) is 0 Å². The Labute approximate surface area is 404 Å². The summed E-state index contributed by atoms with van der Waals surface area (Å²) in [7, 11) is 1.12. The molecule has 0 aliphatic heterocycles. The maximum absolute atomic E-state index is 12.7. The number of carbonyl (C=O) groups excluding carboxylic acids is 2. The van der Waals surface area contributed by atoms with Gasteiger partial charge >= 0.3 is 11.9 Å². The summed E-state index contributed by atoms with van der Waals surface area (Å²) >= 11 is 0. The number of phosphoric ester groups is 1. The van der Waals surface area contributed by atoms with Gasteiger partial charge in [0.2, 0.25) is 0 Å². The summed E-state index contributed by atoms with van der Waals surface area (Å²) in [6.45, 7) is 4.04. The zero-order valence-electron chi connectivity index (χ0n) is 42.3. The lowest BCUT2D eigenvalue weighted by Crippen LogP contribution is -2.37. The molecule has 0 saturated carbocycles. The lowest BCUT2D eigenvalue weighted by Gasteiger charge is -2.28.